The van der Waals surface area contributed by atoms with Crippen LogP contribution in [0.2, 0.25) is 0 Å². The summed E-state index contributed by atoms with van der Waals surface area (Å²) in [5.74, 6) is 0. The molecule has 22 heavy (non-hydrogen) atoms. The molecule has 2 aliphatic heterocycles. The first-order chi connectivity index (χ1) is 10.1. The second-order valence-corrected chi connectivity index (χ2v) is 8.47. The van der Waals surface area contributed by atoms with Gasteiger partial charge >= 0.3 is 6.09 Å². The molecule has 0 radical (unpaired) electrons. The van der Waals surface area contributed by atoms with E-state index in [-0.39, 0.29) is 16.2 Å². The van der Waals surface area contributed by atoms with Gasteiger partial charge in [-0.1, -0.05) is 0 Å². The molecular formula is C17H34N3O2+. The van der Waals surface area contributed by atoms with Gasteiger partial charge in [0.2, 0.25) is 0 Å². The Morgan fingerprint density at radius 2 is 1.68 bits per heavy atom. The number of hydrogen-bond acceptors (Lipinski definition) is 3. The maximum Gasteiger partial charge on any atom is 0.514 e. The molecule has 0 aromatic rings. The molecule has 0 bridgehead atoms. The number of piperazine rings is 1. The van der Waals surface area contributed by atoms with E-state index in [1.807, 2.05) is 7.05 Å². The quantitative estimate of drug-likeness (QED) is 0.756. The Balaban J connectivity index is 2.22. The summed E-state index contributed by atoms with van der Waals surface area (Å²) in [5, 5.41) is 9.79. The molecule has 2 fully saturated rings. The highest BCUT2D eigenvalue weighted by Gasteiger charge is 2.50. The van der Waals surface area contributed by atoms with Crippen LogP contribution < -0.4 is 0 Å². The van der Waals surface area contributed by atoms with E-state index in [1.54, 1.807) is 0 Å². The molecule has 2 saturated heterocycles. The minimum absolute atomic E-state index is 0.110. The van der Waals surface area contributed by atoms with Crippen LogP contribution in [-0.4, -0.2) is 76.0 Å². The van der Waals surface area contributed by atoms with Crippen molar-refractivity contribution < 1.29 is 14.4 Å². The maximum atomic E-state index is 11.9. The SMILES string of the molecule is CC1CN(C(C)(C)C)CC(C)N1C1CCCC[N+]1(C)C(=O)O. The van der Waals surface area contributed by atoms with Crippen LogP contribution in [0.1, 0.15) is 53.9 Å². The van der Waals surface area contributed by atoms with Crippen LogP contribution in [0.15, 0.2) is 0 Å². The maximum absolute atomic E-state index is 11.9. The van der Waals surface area contributed by atoms with Gasteiger partial charge in [0.05, 0.1) is 13.6 Å². The zero-order chi connectivity index (χ0) is 16.7. The average Bonchev–Trinajstić information content (AvgIpc) is 2.38. The van der Waals surface area contributed by atoms with E-state index in [0.29, 0.717) is 12.1 Å². The molecule has 5 nitrogen and oxygen atoms in total. The lowest BCUT2D eigenvalue weighted by atomic mass is 9.96. The van der Waals surface area contributed by atoms with Crippen molar-refractivity contribution in [1.29, 1.82) is 0 Å². The number of carboxylic acid groups (broad SMARTS) is 1. The molecule has 0 aromatic carbocycles. The Morgan fingerprint density at radius 3 is 2.14 bits per heavy atom. The smallest absolute Gasteiger partial charge is 0.435 e. The summed E-state index contributed by atoms with van der Waals surface area (Å²) < 4.78 is 0.157. The van der Waals surface area contributed by atoms with E-state index in [0.717, 1.165) is 38.9 Å². The summed E-state index contributed by atoms with van der Waals surface area (Å²) in [5.41, 5.74) is 0.173. The third-order valence-electron chi connectivity index (χ3n) is 5.71. The number of nitrogens with zero attached hydrogens (tertiary/aromatic N) is 3. The second kappa shape index (κ2) is 6.10. The van der Waals surface area contributed by atoms with Gasteiger partial charge in [-0.05, 0) is 47.5 Å². The lowest BCUT2D eigenvalue weighted by Gasteiger charge is -2.54. The van der Waals surface area contributed by atoms with Gasteiger partial charge < -0.3 is 5.11 Å². The number of likely N-dealkylation sites (tertiary alicyclic amines) is 1. The zero-order valence-corrected chi connectivity index (χ0v) is 15.2. The number of quaternary nitrogens is 1. The lowest BCUT2D eigenvalue weighted by Crippen LogP contribution is -2.71. The Kier molecular flexibility index (Phi) is 4.91. The standard InChI is InChI=1S/C17H33N3O2/c1-13-11-18(17(3,4)5)12-14(2)19(13)15-9-7-8-10-20(15,6)16(21)22/h13-15H,7-12H2,1-6H3/p+1. The van der Waals surface area contributed by atoms with Gasteiger partial charge in [0, 0.05) is 37.1 Å². The molecule has 4 unspecified atom stereocenters. The van der Waals surface area contributed by atoms with Gasteiger partial charge in [-0.15, -0.1) is 0 Å². The third kappa shape index (κ3) is 3.17. The van der Waals surface area contributed by atoms with Crippen LogP contribution in [0.5, 0.6) is 0 Å². The van der Waals surface area contributed by atoms with Crippen LogP contribution in [0.25, 0.3) is 0 Å². The first-order valence-electron chi connectivity index (χ1n) is 8.68. The highest BCUT2D eigenvalue weighted by atomic mass is 16.4. The minimum atomic E-state index is -0.678. The Bertz CT molecular complexity index is 409. The molecule has 2 rings (SSSR count). The first kappa shape index (κ1) is 17.7. The third-order valence-corrected chi connectivity index (χ3v) is 5.71. The van der Waals surface area contributed by atoms with Crippen molar-refractivity contribution in [3.05, 3.63) is 0 Å². The average molecular weight is 312 g/mol. The van der Waals surface area contributed by atoms with Crippen molar-refractivity contribution in [2.75, 3.05) is 26.7 Å². The van der Waals surface area contributed by atoms with Crippen LogP contribution in [0, 0.1) is 0 Å². The number of amides is 1. The molecule has 2 aliphatic rings. The van der Waals surface area contributed by atoms with Gasteiger partial charge in [0.1, 0.15) is 0 Å². The topological polar surface area (TPSA) is 43.8 Å². The Hall–Kier alpha value is -0.650. The molecule has 5 heteroatoms. The first-order valence-corrected chi connectivity index (χ1v) is 8.68. The largest absolute Gasteiger partial charge is 0.514 e. The van der Waals surface area contributed by atoms with Gasteiger partial charge in [-0.25, -0.2) is 9.38 Å². The van der Waals surface area contributed by atoms with E-state index in [1.165, 1.54) is 0 Å². The summed E-state index contributed by atoms with van der Waals surface area (Å²) in [6.07, 6.45) is 2.59. The summed E-state index contributed by atoms with van der Waals surface area (Å²) in [4.78, 5) is 16.9. The van der Waals surface area contributed by atoms with Gasteiger partial charge in [-0.3, -0.25) is 4.90 Å². The van der Waals surface area contributed by atoms with Crippen LogP contribution >= 0.6 is 0 Å². The fourth-order valence-electron chi connectivity index (χ4n) is 4.34. The summed E-state index contributed by atoms with van der Waals surface area (Å²) in [6, 6.07) is 0.783. The van der Waals surface area contributed by atoms with Crippen molar-refractivity contribution in [2.24, 2.45) is 0 Å². The Morgan fingerprint density at radius 1 is 1.14 bits per heavy atom. The number of piperidine rings is 1. The van der Waals surface area contributed by atoms with Crippen molar-refractivity contribution in [1.82, 2.24) is 9.80 Å². The fourth-order valence-corrected chi connectivity index (χ4v) is 4.34. The van der Waals surface area contributed by atoms with Crippen molar-refractivity contribution in [2.45, 2.75) is 77.7 Å². The van der Waals surface area contributed by atoms with Crippen molar-refractivity contribution in [3.8, 4) is 0 Å². The normalized spacial score (nSPS) is 38.9. The zero-order valence-electron chi connectivity index (χ0n) is 15.2. The van der Waals surface area contributed by atoms with Gasteiger partial charge in [0.15, 0.2) is 6.17 Å². The van der Waals surface area contributed by atoms with E-state index in [2.05, 4.69) is 44.4 Å². The summed E-state index contributed by atoms with van der Waals surface area (Å²) >= 11 is 0. The van der Waals surface area contributed by atoms with Gasteiger partial charge in [0.25, 0.3) is 0 Å². The van der Waals surface area contributed by atoms with Crippen molar-refractivity contribution in [3.63, 3.8) is 0 Å². The fraction of sp³-hybridized carbons (Fsp3) is 0.941. The van der Waals surface area contributed by atoms with Crippen LogP contribution in [0.4, 0.5) is 4.79 Å². The van der Waals surface area contributed by atoms with Crippen LogP contribution in [0.3, 0.4) is 0 Å². The molecule has 2 heterocycles. The molecule has 0 saturated carbocycles. The Labute approximate surface area is 135 Å². The van der Waals surface area contributed by atoms with E-state index in [9.17, 15) is 9.90 Å². The molecule has 4 atom stereocenters. The summed E-state index contributed by atoms with van der Waals surface area (Å²) in [6.45, 7) is 14.1. The lowest BCUT2D eigenvalue weighted by molar-refractivity contribution is -0.883. The molecule has 1 N–H and O–H groups in total. The van der Waals surface area contributed by atoms with E-state index < -0.39 is 6.09 Å². The monoisotopic (exact) mass is 312 g/mol. The highest BCUT2D eigenvalue weighted by molar-refractivity contribution is 5.56. The number of hydrogen-bond donors (Lipinski definition) is 1. The number of rotatable bonds is 1. The van der Waals surface area contributed by atoms with Crippen molar-refractivity contribution >= 4 is 6.09 Å². The molecule has 1 amide bonds. The molecule has 128 valence electrons. The van der Waals surface area contributed by atoms with E-state index in [4.69, 9.17) is 0 Å². The van der Waals surface area contributed by atoms with Gasteiger partial charge in [-0.2, -0.15) is 4.79 Å². The van der Waals surface area contributed by atoms with E-state index >= 15 is 0 Å². The predicted octanol–water partition coefficient (Wildman–Crippen LogP) is 2.81. The molecular weight excluding hydrogens is 278 g/mol. The second-order valence-electron chi connectivity index (χ2n) is 8.47. The predicted molar refractivity (Wildman–Crippen MR) is 88.8 cm³/mol. The summed E-state index contributed by atoms with van der Waals surface area (Å²) in [7, 11) is 1.90. The number of carbonyl (C=O) groups is 1. The van der Waals surface area contributed by atoms with Crippen LogP contribution in [-0.2, 0) is 0 Å². The molecule has 0 aliphatic carbocycles. The highest BCUT2D eigenvalue weighted by Crippen LogP contribution is 2.33. The molecule has 0 aromatic heterocycles. The minimum Gasteiger partial charge on any atom is -0.435 e. The molecule has 0 spiro atoms.